The van der Waals surface area contributed by atoms with Crippen LogP contribution in [0, 0.1) is 6.92 Å². The van der Waals surface area contributed by atoms with Gasteiger partial charge in [-0.2, -0.15) is 0 Å². The molecule has 0 heterocycles. The molecule has 0 atom stereocenters. The van der Waals surface area contributed by atoms with Crippen molar-refractivity contribution in [2.24, 2.45) is 0 Å². The minimum Gasteiger partial charge on any atom is -0.497 e. The molecule has 0 fully saturated rings. The molecule has 2 N–H and O–H groups in total. The lowest BCUT2D eigenvalue weighted by Crippen LogP contribution is -2.28. The minimum atomic E-state index is 0.00595. The molecule has 1 amide bonds. The van der Waals surface area contributed by atoms with E-state index in [1.54, 1.807) is 18.1 Å². The Morgan fingerprint density at radius 1 is 1.17 bits per heavy atom. The number of aryl methyl sites for hydroxylation is 2. The van der Waals surface area contributed by atoms with Gasteiger partial charge >= 0.3 is 0 Å². The topological polar surface area (TPSA) is 55.6 Å². The molecular weight excluding hydrogens is 288 g/mol. The minimum absolute atomic E-state index is 0.00595. The van der Waals surface area contributed by atoms with Gasteiger partial charge in [-0.3, -0.25) is 4.79 Å². The zero-order valence-corrected chi connectivity index (χ0v) is 14.0. The van der Waals surface area contributed by atoms with Crippen LogP contribution in [0.3, 0.4) is 0 Å². The average molecular weight is 312 g/mol. The number of nitrogen functional groups attached to an aromatic ring is 1. The van der Waals surface area contributed by atoms with E-state index < -0.39 is 0 Å². The van der Waals surface area contributed by atoms with Crippen LogP contribution in [-0.2, 0) is 6.42 Å². The third-order valence-corrected chi connectivity index (χ3v) is 3.99. The second kappa shape index (κ2) is 7.68. The molecule has 4 heteroatoms. The molecule has 0 saturated heterocycles. The van der Waals surface area contributed by atoms with Gasteiger partial charge in [0.1, 0.15) is 5.75 Å². The Hall–Kier alpha value is -2.49. The van der Waals surface area contributed by atoms with Crippen molar-refractivity contribution in [2.45, 2.75) is 19.8 Å². The molecule has 2 aromatic carbocycles. The molecule has 0 aliphatic rings. The predicted molar refractivity (Wildman–Crippen MR) is 93.9 cm³/mol. The molecule has 23 heavy (non-hydrogen) atoms. The number of carbonyl (C=O) groups is 1. The van der Waals surface area contributed by atoms with Crippen molar-refractivity contribution in [1.29, 1.82) is 0 Å². The van der Waals surface area contributed by atoms with E-state index in [1.165, 1.54) is 5.56 Å². The number of hydrogen-bond donors (Lipinski definition) is 1. The molecule has 4 nitrogen and oxygen atoms in total. The molecule has 0 aliphatic heterocycles. The smallest absolute Gasteiger partial charge is 0.253 e. The highest BCUT2D eigenvalue weighted by atomic mass is 16.5. The summed E-state index contributed by atoms with van der Waals surface area (Å²) in [6.45, 7) is 2.64. The average Bonchev–Trinajstić information content (AvgIpc) is 2.57. The van der Waals surface area contributed by atoms with Crippen LogP contribution in [0.2, 0.25) is 0 Å². The maximum Gasteiger partial charge on any atom is 0.253 e. The van der Waals surface area contributed by atoms with E-state index >= 15 is 0 Å². The normalized spacial score (nSPS) is 10.4. The van der Waals surface area contributed by atoms with Crippen molar-refractivity contribution in [3.8, 4) is 5.75 Å². The van der Waals surface area contributed by atoms with Crippen LogP contribution < -0.4 is 10.5 Å². The Bertz CT molecular complexity index is 666. The fourth-order valence-corrected chi connectivity index (χ4v) is 2.41. The Balaban J connectivity index is 1.86. The molecule has 0 aliphatic carbocycles. The van der Waals surface area contributed by atoms with Crippen LogP contribution in [0.1, 0.15) is 27.9 Å². The predicted octanol–water partition coefficient (Wildman–Crippen LogP) is 3.29. The number of nitrogens with zero attached hydrogens (tertiary/aromatic N) is 1. The number of anilines is 1. The summed E-state index contributed by atoms with van der Waals surface area (Å²) in [6.07, 6.45) is 1.84. The molecule has 122 valence electrons. The first kappa shape index (κ1) is 16.9. The first-order chi connectivity index (χ1) is 11.0. The third-order valence-electron chi connectivity index (χ3n) is 3.99. The molecular formula is C19H24N2O2. The zero-order chi connectivity index (χ0) is 16.8. The summed E-state index contributed by atoms with van der Waals surface area (Å²) in [7, 11) is 3.49. The van der Waals surface area contributed by atoms with Crippen LogP contribution in [-0.4, -0.2) is 31.5 Å². The van der Waals surface area contributed by atoms with Crippen molar-refractivity contribution in [3.05, 3.63) is 59.2 Å². The lowest BCUT2D eigenvalue weighted by Gasteiger charge is -2.17. The second-order valence-corrected chi connectivity index (χ2v) is 5.75. The quantitative estimate of drug-likeness (QED) is 0.833. The van der Waals surface area contributed by atoms with E-state index in [0.717, 1.165) is 24.2 Å². The fourth-order valence-electron chi connectivity index (χ4n) is 2.41. The van der Waals surface area contributed by atoms with E-state index in [4.69, 9.17) is 10.5 Å². The highest BCUT2D eigenvalue weighted by Gasteiger charge is 2.12. The number of methoxy groups -OCH3 is 1. The Kier molecular flexibility index (Phi) is 5.63. The summed E-state index contributed by atoms with van der Waals surface area (Å²) in [5.41, 5.74) is 9.40. The lowest BCUT2D eigenvalue weighted by atomic mass is 10.1. The number of nitrogens with two attached hydrogens (primary N) is 1. The number of rotatable bonds is 6. The van der Waals surface area contributed by atoms with E-state index in [-0.39, 0.29) is 5.91 Å². The van der Waals surface area contributed by atoms with Crippen LogP contribution in [0.25, 0.3) is 0 Å². The summed E-state index contributed by atoms with van der Waals surface area (Å²) in [5.74, 6) is 0.865. The van der Waals surface area contributed by atoms with E-state index in [1.807, 2.05) is 38.2 Å². The first-order valence-electron chi connectivity index (χ1n) is 7.76. The van der Waals surface area contributed by atoms with Gasteiger partial charge < -0.3 is 15.4 Å². The number of amides is 1. The van der Waals surface area contributed by atoms with E-state index in [2.05, 4.69) is 12.1 Å². The SMILES string of the molecule is COc1ccc(CCCN(C)C(=O)c2ccc(C)c(N)c2)cc1. The summed E-state index contributed by atoms with van der Waals surface area (Å²) in [5, 5.41) is 0. The summed E-state index contributed by atoms with van der Waals surface area (Å²) in [4.78, 5) is 14.1. The van der Waals surface area contributed by atoms with Gasteiger partial charge in [-0.1, -0.05) is 18.2 Å². The number of carbonyl (C=O) groups excluding carboxylic acids is 1. The van der Waals surface area contributed by atoms with Gasteiger partial charge in [0.05, 0.1) is 7.11 Å². The zero-order valence-electron chi connectivity index (χ0n) is 14.0. The van der Waals surface area contributed by atoms with Gasteiger partial charge in [-0.05, 0) is 55.2 Å². The summed E-state index contributed by atoms with van der Waals surface area (Å²) < 4.78 is 5.15. The molecule has 0 unspecified atom stereocenters. The van der Waals surface area contributed by atoms with Crippen molar-refractivity contribution in [2.75, 3.05) is 26.4 Å². The van der Waals surface area contributed by atoms with Gasteiger partial charge in [0.15, 0.2) is 0 Å². The molecule has 0 aromatic heterocycles. The lowest BCUT2D eigenvalue weighted by molar-refractivity contribution is 0.0793. The fraction of sp³-hybridized carbons (Fsp3) is 0.316. The van der Waals surface area contributed by atoms with Crippen LogP contribution in [0.4, 0.5) is 5.69 Å². The van der Waals surface area contributed by atoms with Gasteiger partial charge in [-0.15, -0.1) is 0 Å². The summed E-state index contributed by atoms with van der Waals surface area (Å²) in [6, 6.07) is 13.5. The number of benzene rings is 2. The molecule has 0 bridgehead atoms. The van der Waals surface area contributed by atoms with Crippen molar-refractivity contribution in [3.63, 3.8) is 0 Å². The molecule has 0 spiro atoms. The number of hydrogen-bond acceptors (Lipinski definition) is 3. The third kappa shape index (κ3) is 4.49. The van der Waals surface area contributed by atoms with Crippen molar-refractivity contribution in [1.82, 2.24) is 4.90 Å². The number of ether oxygens (including phenoxy) is 1. The summed E-state index contributed by atoms with van der Waals surface area (Å²) >= 11 is 0. The maximum absolute atomic E-state index is 12.4. The van der Waals surface area contributed by atoms with E-state index in [9.17, 15) is 4.79 Å². The Morgan fingerprint density at radius 3 is 2.48 bits per heavy atom. The molecule has 0 radical (unpaired) electrons. The van der Waals surface area contributed by atoms with Gasteiger partial charge in [0.25, 0.3) is 5.91 Å². The monoisotopic (exact) mass is 312 g/mol. The Morgan fingerprint density at radius 2 is 1.87 bits per heavy atom. The van der Waals surface area contributed by atoms with Gasteiger partial charge in [-0.25, -0.2) is 0 Å². The molecule has 2 aromatic rings. The largest absolute Gasteiger partial charge is 0.497 e. The standard InChI is InChI=1S/C19H24N2O2/c1-14-6-9-16(13-18(14)20)19(22)21(2)12-4-5-15-7-10-17(23-3)11-8-15/h6-11,13H,4-5,12,20H2,1-3H3. The van der Waals surface area contributed by atoms with Gasteiger partial charge in [0, 0.05) is 24.8 Å². The Labute approximate surface area is 137 Å². The van der Waals surface area contributed by atoms with Crippen LogP contribution in [0.15, 0.2) is 42.5 Å². The van der Waals surface area contributed by atoms with Crippen molar-refractivity contribution < 1.29 is 9.53 Å². The van der Waals surface area contributed by atoms with Gasteiger partial charge in [0.2, 0.25) is 0 Å². The first-order valence-corrected chi connectivity index (χ1v) is 7.76. The van der Waals surface area contributed by atoms with Crippen molar-refractivity contribution >= 4 is 11.6 Å². The molecule has 0 saturated carbocycles. The highest BCUT2D eigenvalue weighted by molar-refractivity contribution is 5.95. The van der Waals surface area contributed by atoms with E-state index in [0.29, 0.717) is 17.8 Å². The maximum atomic E-state index is 12.4. The van der Waals surface area contributed by atoms with Crippen LogP contribution >= 0.6 is 0 Å². The second-order valence-electron chi connectivity index (χ2n) is 5.75. The van der Waals surface area contributed by atoms with Crippen LogP contribution in [0.5, 0.6) is 5.75 Å². The molecule has 2 rings (SSSR count). The highest BCUT2D eigenvalue weighted by Crippen LogP contribution is 2.15.